The highest BCUT2D eigenvalue weighted by atomic mass is 16.8. The molecule has 3 fully saturated rings. The number of rotatable bonds is 9. The smallest absolute Gasteiger partial charge is 0.229 e. The molecule has 52 heavy (non-hydrogen) atoms. The van der Waals surface area contributed by atoms with Gasteiger partial charge in [-0.15, -0.1) is 0 Å². The molecule has 16 atom stereocenters. The summed E-state index contributed by atoms with van der Waals surface area (Å²) in [4.78, 5) is 13.1. The van der Waals surface area contributed by atoms with Crippen molar-refractivity contribution in [3.8, 4) is 23.0 Å². The van der Waals surface area contributed by atoms with Gasteiger partial charge in [0.15, 0.2) is 24.5 Å². The van der Waals surface area contributed by atoms with Crippen LogP contribution in [0, 0.1) is 0 Å². The van der Waals surface area contributed by atoms with Crippen LogP contribution >= 0.6 is 0 Å². The summed E-state index contributed by atoms with van der Waals surface area (Å²) in [6.07, 6.45) is -26.5. The van der Waals surface area contributed by atoms with Crippen LogP contribution in [0.25, 0.3) is 0 Å². The first-order valence-electron chi connectivity index (χ1n) is 16.5. The molecule has 0 spiro atoms. The van der Waals surface area contributed by atoms with Gasteiger partial charge in [0.2, 0.25) is 6.29 Å². The molecule has 2 aromatic carbocycles. The first-order valence-corrected chi connectivity index (χ1v) is 16.5. The van der Waals surface area contributed by atoms with Gasteiger partial charge in [-0.25, -0.2) is 0 Å². The molecule has 4 aliphatic heterocycles. The Hall–Kier alpha value is -3.25. The van der Waals surface area contributed by atoms with E-state index in [0.29, 0.717) is 5.56 Å². The Labute approximate surface area is 295 Å². The Morgan fingerprint density at radius 1 is 0.692 bits per heavy atom. The molecule has 19 heteroatoms. The predicted octanol–water partition coefficient (Wildman–Crippen LogP) is -3.34. The number of fused-ring (bicyclic) bond motifs is 1. The number of aromatic hydroxyl groups is 2. The number of phenolic OH excluding ortho intramolecular Hbond substituents is 2. The number of aliphatic hydroxyl groups excluding tert-OH is 9. The first-order chi connectivity index (χ1) is 24.7. The number of aliphatic hydroxyl groups is 9. The summed E-state index contributed by atoms with van der Waals surface area (Å²) < 4.78 is 40.8. The third kappa shape index (κ3) is 7.43. The second kappa shape index (κ2) is 15.6. The van der Waals surface area contributed by atoms with Crippen molar-refractivity contribution in [1.29, 1.82) is 0 Å². The van der Waals surface area contributed by atoms with E-state index < -0.39 is 123 Å². The SMILES string of the molecule is CC1OC(OC2C(Oc3cc(O)c4c(c3)OC(c3ccc(O)cc3)CC4=O)OC(CO)C(O)C2OC2OC(CO)C(O)C(O)C2O)C(O)C(O)C1O. The van der Waals surface area contributed by atoms with Gasteiger partial charge in [0.25, 0.3) is 0 Å². The van der Waals surface area contributed by atoms with Gasteiger partial charge >= 0.3 is 0 Å². The van der Waals surface area contributed by atoms with Gasteiger partial charge in [0.05, 0.1) is 25.7 Å². The van der Waals surface area contributed by atoms with Gasteiger partial charge in [-0.2, -0.15) is 0 Å². The molecule has 0 bridgehead atoms. The lowest BCUT2D eigenvalue weighted by molar-refractivity contribution is -0.383. The second-order valence-electron chi connectivity index (χ2n) is 13.1. The maximum Gasteiger partial charge on any atom is 0.229 e. The maximum atomic E-state index is 13.1. The molecule has 0 amide bonds. The van der Waals surface area contributed by atoms with E-state index in [1.807, 2.05) is 0 Å². The molecule has 11 N–H and O–H groups in total. The molecule has 0 aromatic heterocycles. The molecule has 0 aliphatic carbocycles. The van der Waals surface area contributed by atoms with Crippen molar-refractivity contribution < 1.29 is 94.1 Å². The number of ketones is 1. The predicted molar refractivity (Wildman–Crippen MR) is 167 cm³/mol. The molecule has 2 aromatic rings. The number of benzene rings is 2. The number of phenols is 2. The van der Waals surface area contributed by atoms with E-state index in [1.165, 1.54) is 25.1 Å². The summed E-state index contributed by atoms with van der Waals surface area (Å²) in [6.45, 7) is -0.289. The highest BCUT2D eigenvalue weighted by Gasteiger charge is 2.54. The average Bonchev–Trinajstić information content (AvgIpc) is 3.11. The Balaban J connectivity index is 1.34. The van der Waals surface area contributed by atoms with Gasteiger partial charge in [-0.05, 0) is 24.6 Å². The first kappa shape index (κ1) is 38.5. The minimum absolute atomic E-state index is 0.00436. The minimum Gasteiger partial charge on any atom is -0.508 e. The van der Waals surface area contributed by atoms with E-state index in [4.69, 9.17) is 33.2 Å². The van der Waals surface area contributed by atoms with E-state index in [9.17, 15) is 61.0 Å². The zero-order valence-corrected chi connectivity index (χ0v) is 27.5. The quantitative estimate of drug-likeness (QED) is 0.120. The Kier molecular flexibility index (Phi) is 11.6. The van der Waals surface area contributed by atoms with Crippen LogP contribution in [0.3, 0.4) is 0 Å². The van der Waals surface area contributed by atoms with Crippen LogP contribution in [-0.4, -0.2) is 167 Å². The van der Waals surface area contributed by atoms with Crippen LogP contribution in [0.2, 0.25) is 0 Å². The molecule has 6 rings (SSSR count). The third-order valence-electron chi connectivity index (χ3n) is 9.53. The van der Waals surface area contributed by atoms with Crippen LogP contribution in [0.5, 0.6) is 23.0 Å². The Bertz CT molecular complexity index is 1540. The van der Waals surface area contributed by atoms with Crippen molar-refractivity contribution in [2.24, 2.45) is 0 Å². The summed E-state index contributed by atoms with van der Waals surface area (Å²) >= 11 is 0. The fourth-order valence-electron chi connectivity index (χ4n) is 6.54. The third-order valence-corrected chi connectivity index (χ3v) is 9.53. The Morgan fingerprint density at radius 2 is 1.27 bits per heavy atom. The van der Waals surface area contributed by atoms with E-state index in [-0.39, 0.29) is 29.2 Å². The van der Waals surface area contributed by atoms with Crippen molar-refractivity contribution in [3.63, 3.8) is 0 Å². The van der Waals surface area contributed by atoms with E-state index in [2.05, 4.69) is 0 Å². The minimum atomic E-state index is -1.96. The number of Topliss-reactive ketones (excluding diaryl/α,β-unsaturated/α-hetero) is 1. The molecular weight excluding hydrogens is 700 g/mol. The van der Waals surface area contributed by atoms with Crippen molar-refractivity contribution in [2.75, 3.05) is 13.2 Å². The summed E-state index contributed by atoms with van der Waals surface area (Å²) in [7, 11) is 0. The van der Waals surface area contributed by atoms with Crippen LogP contribution < -0.4 is 9.47 Å². The largest absolute Gasteiger partial charge is 0.508 e. The van der Waals surface area contributed by atoms with Gasteiger partial charge in [-0.3, -0.25) is 4.79 Å². The van der Waals surface area contributed by atoms with Crippen molar-refractivity contribution >= 4 is 5.78 Å². The zero-order chi connectivity index (χ0) is 37.6. The van der Waals surface area contributed by atoms with Gasteiger partial charge < -0.3 is 89.3 Å². The van der Waals surface area contributed by atoms with Gasteiger partial charge in [-0.1, -0.05) is 12.1 Å². The second-order valence-corrected chi connectivity index (χ2v) is 13.1. The van der Waals surface area contributed by atoms with Gasteiger partial charge in [0, 0.05) is 12.1 Å². The lowest BCUT2D eigenvalue weighted by Crippen LogP contribution is -2.67. The van der Waals surface area contributed by atoms with Crippen molar-refractivity contribution in [2.45, 2.75) is 112 Å². The summed E-state index contributed by atoms with van der Waals surface area (Å²) in [6, 6.07) is 8.26. The molecule has 4 heterocycles. The summed E-state index contributed by atoms with van der Waals surface area (Å²) in [5.74, 6) is -1.31. The van der Waals surface area contributed by atoms with E-state index in [1.54, 1.807) is 12.1 Å². The Morgan fingerprint density at radius 3 is 1.92 bits per heavy atom. The van der Waals surface area contributed by atoms with Crippen LogP contribution in [-0.2, 0) is 23.7 Å². The number of hydrogen-bond donors (Lipinski definition) is 11. The van der Waals surface area contributed by atoms with Crippen LogP contribution in [0.4, 0.5) is 0 Å². The normalized spacial score (nSPS) is 40.8. The highest BCUT2D eigenvalue weighted by Crippen LogP contribution is 2.43. The van der Waals surface area contributed by atoms with Crippen molar-refractivity contribution in [3.05, 3.63) is 47.5 Å². The lowest BCUT2D eigenvalue weighted by atomic mass is 9.95. The monoisotopic (exact) mass is 742 g/mol. The van der Waals surface area contributed by atoms with Gasteiger partial charge in [0.1, 0.15) is 95.7 Å². The molecule has 19 nitrogen and oxygen atoms in total. The maximum absolute atomic E-state index is 13.1. The molecule has 4 aliphatic rings. The fourth-order valence-corrected chi connectivity index (χ4v) is 6.54. The molecule has 16 unspecified atom stereocenters. The number of ether oxygens (including phenoxy) is 7. The topological polar surface area (TPSA) is 304 Å². The zero-order valence-electron chi connectivity index (χ0n) is 27.5. The fraction of sp³-hybridized carbons (Fsp3) is 0.606. The standard InChI is InChI=1S/C33H42O19/c1-11-22(39)25(42)27(44)31(46-11)52-30-29(51-32-28(45)26(43)23(40)19(9-34)49-32)24(41)20(10-35)50-33(30)47-14-6-15(37)21-16(38)8-17(48-18(21)7-14)12-2-4-13(36)5-3-12/h2-7,11,17,19-20,22-37,39-45H,8-10H2,1H3. The molecule has 0 saturated carbocycles. The average molecular weight is 743 g/mol. The number of carbonyl (C=O) groups excluding carboxylic acids is 1. The summed E-state index contributed by atoms with van der Waals surface area (Å²) in [5.41, 5.74) is 0.403. The van der Waals surface area contributed by atoms with E-state index >= 15 is 0 Å². The molecule has 288 valence electrons. The molecular formula is C33H42O19. The lowest BCUT2D eigenvalue weighted by Gasteiger charge is -2.48. The van der Waals surface area contributed by atoms with Crippen LogP contribution in [0.1, 0.15) is 35.4 Å². The number of carbonyl (C=O) groups is 1. The van der Waals surface area contributed by atoms with Crippen LogP contribution in [0.15, 0.2) is 36.4 Å². The molecule has 3 saturated heterocycles. The van der Waals surface area contributed by atoms with E-state index in [0.717, 1.165) is 6.07 Å². The summed E-state index contributed by atoms with van der Waals surface area (Å²) in [5, 5.41) is 115. The van der Waals surface area contributed by atoms with Crippen molar-refractivity contribution in [1.82, 2.24) is 0 Å². The molecule has 0 radical (unpaired) electrons. The highest BCUT2D eigenvalue weighted by molar-refractivity contribution is 6.02. The number of hydrogen-bond acceptors (Lipinski definition) is 19.